The van der Waals surface area contributed by atoms with E-state index >= 15 is 0 Å². The quantitative estimate of drug-likeness (QED) is 0.852. The SMILES string of the molecule is CCOC1(C(=O)Nc2ccc(OC)c3ccccc23)CCCC(C)C1. The highest BCUT2D eigenvalue weighted by atomic mass is 16.5. The van der Waals surface area contributed by atoms with Crippen LogP contribution in [0.25, 0.3) is 10.8 Å². The molecule has 0 saturated heterocycles. The number of carbonyl (C=O) groups is 1. The highest BCUT2D eigenvalue weighted by molar-refractivity contribution is 6.06. The summed E-state index contributed by atoms with van der Waals surface area (Å²) < 4.78 is 11.4. The van der Waals surface area contributed by atoms with Crippen LogP contribution >= 0.6 is 0 Å². The van der Waals surface area contributed by atoms with Gasteiger partial charge in [0.1, 0.15) is 11.4 Å². The topological polar surface area (TPSA) is 47.6 Å². The van der Waals surface area contributed by atoms with Crippen molar-refractivity contribution in [2.24, 2.45) is 5.92 Å². The van der Waals surface area contributed by atoms with Crippen molar-refractivity contribution in [2.75, 3.05) is 19.0 Å². The van der Waals surface area contributed by atoms with Crippen LogP contribution in [-0.4, -0.2) is 25.2 Å². The molecule has 1 saturated carbocycles. The van der Waals surface area contributed by atoms with Gasteiger partial charge in [-0.25, -0.2) is 0 Å². The molecule has 0 heterocycles. The number of hydrogen-bond donors (Lipinski definition) is 1. The number of anilines is 1. The van der Waals surface area contributed by atoms with Gasteiger partial charge in [-0.2, -0.15) is 0 Å². The van der Waals surface area contributed by atoms with Crippen molar-refractivity contribution >= 4 is 22.4 Å². The molecule has 0 spiro atoms. The van der Waals surface area contributed by atoms with Crippen molar-refractivity contribution in [3.63, 3.8) is 0 Å². The summed E-state index contributed by atoms with van der Waals surface area (Å²) in [5.74, 6) is 1.27. The summed E-state index contributed by atoms with van der Waals surface area (Å²) in [6, 6.07) is 11.8. The lowest BCUT2D eigenvalue weighted by molar-refractivity contribution is -0.147. The van der Waals surface area contributed by atoms with E-state index in [0.29, 0.717) is 12.5 Å². The van der Waals surface area contributed by atoms with Gasteiger partial charge in [-0.3, -0.25) is 4.79 Å². The molecule has 2 aromatic carbocycles. The third kappa shape index (κ3) is 3.49. The second-order valence-electron chi connectivity index (χ2n) is 6.94. The van der Waals surface area contributed by atoms with Gasteiger partial charge >= 0.3 is 0 Å². The monoisotopic (exact) mass is 341 g/mol. The predicted octanol–water partition coefficient (Wildman–Crippen LogP) is 4.77. The average Bonchev–Trinajstić information content (AvgIpc) is 2.62. The number of nitrogens with one attached hydrogen (secondary N) is 1. The highest BCUT2D eigenvalue weighted by Crippen LogP contribution is 2.37. The Labute approximate surface area is 149 Å². The van der Waals surface area contributed by atoms with E-state index < -0.39 is 5.60 Å². The molecule has 1 fully saturated rings. The molecule has 0 radical (unpaired) electrons. The summed E-state index contributed by atoms with van der Waals surface area (Å²) in [5.41, 5.74) is 0.0895. The van der Waals surface area contributed by atoms with Crippen LogP contribution in [0.1, 0.15) is 39.5 Å². The maximum atomic E-state index is 13.2. The molecular weight excluding hydrogens is 314 g/mol. The molecule has 1 amide bonds. The number of carbonyl (C=O) groups excluding carboxylic acids is 1. The van der Waals surface area contributed by atoms with Crippen LogP contribution in [0.4, 0.5) is 5.69 Å². The van der Waals surface area contributed by atoms with E-state index in [9.17, 15) is 4.79 Å². The number of rotatable bonds is 5. The summed E-state index contributed by atoms with van der Waals surface area (Å²) in [6.07, 6.45) is 3.75. The fourth-order valence-corrected chi connectivity index (χ4v) is 3.98. The average molecular weight is 341 g/mol. The molecule has 134 valence electrons. The number of hydrogen-bond acceptors (Lipinski definition) is 3. The maximum absolute atomic E-state index is 13.2. The lowest BCUT2D eigenvalue weighted by Crippen LogP contribution is -2.48. The fourth-order valence-electron chi connectivity index (χ4n) is 3.98. The predicted molar refractivity (Wildman–Crippen MR) is 101 cm³/mol. The Kier molecular flexibility index (Phi) is 5.28. The minimum absolute atomic E-state index is 0.0313. The molecule has 25 heavy (non-hydrogen) atoms. The van der Waals surface area contributed by atoms with Crippen molar-refractivity contribution in [1.29, 1.82) is 0 Å². The van der Waals surface area contributed by atoms with E-state index in [0.717, 1.165) is 47.9 Å². The molecular formula is C21H27NO3. The molecule has 1 N–H and O–H groups in total. The normalized spacial score (nSPS) is 23.4. The molecule has 4 heteroatoms. The number of ether oxygens (including phenoxy) is 2. The van der Waals surface area contributed by atoms with Gasteiger partial charge in [-0.05, 0) is 44.2 Å². The third-order valence-electron chi connectivity index (χ3n) is 5.14. The van der Waals surface area contributed by atoms with E-state index in [1.807, 2.05) is 43.3 Å². The summed E-state index contributed by atoms with van der Waals surface area (Å²) in [4.78, 5) is 13.2. The second kappa shape index (κ2) is 7.44. The summed E-state index contributed by atoms with van der Waals surface area (Å²) >= 11 is 0. The molecule has 0 bridgehead atoms. The molecule has 1 aliphatic carbocycles. The van der Waals surface area contributed by atoms with Gasteiger partial charge in [0.05, 0.1) is 7.11 Å². The van der Waals surface area contributed by atoms with Crippen LogP contribution in [0.2, 0.25) is 0 Å². The van der Waals surface area contributed by atoms with Crippen LogP contribution in [0.3, 0.4) is 0 Å². The smallest absolute Gasteiger partial charge is 0.256 e. The van der Waals surface area contributed by atoms with E-state index in [1.165, 1.54) is 0 Å². The number of benzene rings is 2. The first kappa shape index (κ1) is 17.7. The Bertz CT molecular complexity index is 754. The van der Waals surface area contributed by atoms with Crippen molar-refractivity contribution in [2.45, 2.75) is 45.1 Å². The Morgan fingerprint density at radius 2 is 2.00 bits per heavy atom. The van der Waals surface area contributed by atoms with Gasteiger partial charge in [0, 0.05) is 23.1 Å². The second-order valence-corrected chi connectivity index (χ2v) is 6.94. The molecule has 3 rings (SSSR count). The number of methoxy groups -OCH3 is 1. The molecule has 0 aromatic heterocycles. The van der Waals surface area contributed by atoms with Gasteiger partial charge in [-0.1, -0.05) is 37.6 Å². The minimum atomic E-state index is -0.715. The van der Waals surface area contributed by atoms with Gasteiger partial charge < -0.3 is 14.8 Å². The maximum Gasteiger partial charge on any atom is 0.256 e. The molecule has 4 nitrogen and oxygen atoms in total. The van der Waals surface area contributed by atoms with Crippen LogP contribution < -0.4 is 10.1 Å². The van der Waals surface area contributed by atoms with Gasteiger partial charge in [0.15, 0.2) is 0 Å². The molecule has 1 aliphatic rings. The summed E-state index contributed by atoms with van der Waals surface area (Å²) in [7, 11) is 1.66. The largest absolute Gasteiger partial charge is 0.496 e. The van der Waals surface area contributed by atoms with Crippen molar-refractivity contribution < 1.29 is 14.3 Å². The van der Waals surface area contributed by atoms with Gasteiger partial charge in [0.25, 0.3) is 5.91 Å². The third-order valence-corrected chi connectivity index (χ3v) is 5.14. The lowest BCUT2D eigenvalue weighted by Gasteiger charge is -2.38. The molecule has 2 unspecified atom stereocenters. The van der Waals surface area contributed by atoms with E-state index in [4.69, 9.17) is 9.47 Å². The van der Waals surface area contributed by atoms with Crippen molar-refractivity contribution in [1.82, 2.24) is 0 Å². The zero-order valence-corrected chi connectivity index (χ0v) is 15.3. The number of fused-ring (bicyclic) bond motifs is 1. The zero-order valence-electron chi connectivity index (χ0n) is 15.3. The van der Waals surface area contributed by atoms with E-state index in [1.54, 1.807) is 7.11 Å². The first-order valence-electron chi connectivity index (χ1n) is 9.11. The van der Waals surface area contributed by atoms with Crippen molar-refractivity contribution in [3.05, 3.63) is 36.4 Å². The minimum Gasteiger partial charge on any atom is -0.496 e. The van der Waals surface area contributed by atoms with Gasteiger partial charge in [-0.15, -0.1) is 0 Å². The first-order chi connectivity index (χ1) is 12.1. The Morgan fingerprint density at radius 1 is 1.24 bits per heavy atom. The Balaban J connectivity index is 1.93. The standard InChI is InChI=1S/C21H27NO3/c1-4-25-21(13-7-8-15(2)14-21)20(23)22-18-11-12-19(24-3)17-10-6-5-9-16(17)18/h5-6,9-12,15H,4,7-8,13-14H2,1-3H3,(H,22,23). The van der Waals surface area contributed by atoms with E-state index in [2.05, 4.69) is 12.2 Å². The summed E-state index contributed by atoms with van der Waals surface area (Å²) in [5, 5.41) is 5.10. The van der Waals surface area contributed by atoms with Crippen LogP contribution in [-0.2, 0) is 9.53 Å². The zero-order chi connectivity index (χ0) is 17.9. The number of amides is 1. The van der Waals surface area contributed by atoms with Crippen LogP contribution in [0.5, 0.6) is 5.75 Å². The summed E-state index contributed by atoms with van der Waals surface area (Å²) in [6.45, 7) is 4.70. The van der Waals surface area contributed by atoms with Gasteiger partial charge in [0.2, 0.25) is 0 Å². The fraction of sp³-hybridized carbons (Fsp3) is 0.476. The molecule has 2 atom stereocenters. The first-order valence-corrected chi connectivity index (χ1v) is 9.11. The lowest BCUT2D eigenvalue weighted by atomic mass is 9.78. The van der Waals surface area contributed by atoms with Crippen LogP contribution in [0, 0.1) is 5.92 Å². The Morgan fingerprint density at radius 3 is 2.68 bits per heavy atom. The molecule has 0 aliphatic heterocycles. The molecule has 2 aromatic rings. The van der Waals surface area contributed by atoms with Crippen molar-refractivity contribution in [3.8, 4) is 5.75 Å². The Hall–Kier alpha value is -2.07. The highest BCUT2D eigenvalue weighted by Gasteiger charge is 2.42. The van der Waals surface area contributed by atoms with E-state index in [-0.39, 0.29) is 5.91 Å². The van der Waals surface area contributed by atoms with Crippen LogP contribution in [0.15, 0.2) is 36.4 Å².